The van der Waals surface area contributed by atoms with E-state index in [4.69, 9.17) is 38.1 Å². The van der Waals surface area contributed by atoms with Crippen LogP contribution in [0, 0.1) is 25.2 Å². The topological polar surface area (TPSA) is 224 Å². The van der Waals surface area contributed by atoms with Gasteiger partial charge in [-0.3, -0.25) is 23.3 Å². The van der Waals surface area contributed by atoms with Gasteiger partial charge in [-0.25, -0.2) is 9.97 Å². The van der Waals surface area contributed by atoms with E-state index in [0.717, 1.165) is 17.1 Å². The number of aromatic nitrogens is 2. The minimum absolute atomic E-state index is 0.192. The number of hydrogen-bond acceptors (Lipinski definition) is 16. The number of hydrogen-bond donors (Lipinski definition) is 2. The van der Waals surface area contributed by atoms with Gasteiger partial charge in [0, 0.05) is 41.5 Å². The number of aryl methyl sites for hydroxylation is 2. The molecule has 2 atom stereocenters. The Hall–Kier alpha value is -2.87. The minimum atomic E-state index is -3.55. The lowest BCUT2D eigenvalue weighted by molar-refractivity contribution is 0.221. The summed E-state index contributed by atoms with van der Waals surface area (Å²) in [5, 5.41) is 11.5. The van der Waals surface area contributed by atoms with Crippen LogP contribution in [0.4, 0.5) is 22.9 Å². The number of fused-ring (bicyclic) bond motifs is 1. The van der Waals surface area contributed by atoms with E-state index < -0.39 is 35.5 Å². The number of benzene rings is 3. The van der Waals surface area contributed by atoms with E-state index in [-0.39, 0.29) is 51.4 Å². The van der Waals surface area contributed by atoms with Crippen LogP contribution in [-0.4, -0.2) is 73.2 Å². The predicted molar refractivity (Wildman–Crippen MR) is 288 cm³/mol. The van der Waals surface area contributed by atoms with Crippen LogP contribution in [0.25, 0.3) is 0 Å². The van der Waals surface area contributed by atoms with Crippen molar-refractivity contribution < 1.29 is 45.4 Å². The highest BCUT2D eigenvalue weighted by Gasteiger charge is 2.39. The van der Waals surface area contributed by atoms with Crippen LogP contribution in [0.15, 0.2) is 83.9 Å². The van der Waals surface area contributed by atoms with Gasteiger partial charge in [-0.15, -0.1) is 21.8 Å². The van der Waals surface area contributed by atoms with Crippen LogP contribution in [0.2, 0.25) is 19.6 Å². The van der Waals surface area contributed by atoms with E-state index in [9.17, 15) is 18.3 Å². The molecule has 2 heterocycles. The lowest BCUT2D eigenvalue weighted by Gasteiger charge is -2.24. The first-order chi connectivity index (χ1) is 31.5. The Bertz CT molecular complexity index is 2310. The van der Waals surface area contributed by atoms with Crippen LogP contribution in [0.5, 0.6) is 0 Å². The second-order valence-corrected chi connectivity index (χ2v) is 38.8. The molecule has 372 valence electrons. The standard InChI is InChI=1S/C20H28N4O5P2.C13H23NO5P2.C7H8.C3H9ISi.C2H3N/c1-5-27-30(25,14-31(26,28-6-2)29-7-3)17-10-8-16(9-11-17)24-20-19-18(12-13-21-19)22-15(4)23-20;1-4-17-20(15,13-9-7-12(14)8-10-13)11-21(16,18-5-2)19-6-3;1-7-5-3-2-4-6-7;1-5(2,3)4;1-2-3/h8-11,13H,5-7,12,14H2,1-4H3,(H,22,23,24);7-10H,4-6,11,14H2,1-3H3;2-6H,1H3;1-3H3;1H3. The Balaban J connectivity index is 0.000000531. The van der Waals surface area contributed by atoms with E-state index >= 15 is 0 Å². The molecule has 0 amide bonds. The summed E-state index contributed by atoms with van der Waals surface area (Å²) in [7, 11) is -13.8. The number of nitrogens with one attached hydrogen (secondary N) is 1. The molecule has 22 heteroatoms. The smallest absolute Gasteiger partial charge is 0.340 e. The lowest BCUT2D eigenvalue weighted by atomic mass is 10.2. The van der Waals surface area contributed by atoms with E-state index in [0.29, 0.717) is 34.4 Å². The SMILES string of the molecule is CC#N.CCOP(=O)(CP(=O)(OCC)c1ccc(N)cc1)OCC.CCOP(=O)(CP(=O)(OCC)c1ccc(Nc2nc(C)nc3c2N=CC3)cc1)OCC.C[Si](C)(C)I.Cc1ccccc1. The van der Waals surface area contributed by atoms with Gasteiger partial charge in [-0.2, -0.15) is 5.26 Å². The molecule has 0 bridgehead atoms. The Kier molecular flexibility index (Phi) is 29.1. The maximum atomic E-state index is 13.6. The van der Waals surface area contributed by atoms with Gasteiger partial charge < -0.3 is 38.2 Å². The fourth-order valence-corrected chi connectivity index (χ4v) is 16.6. The molecule has 0 fully saturated rings. The van der Waals surface area contributed by atoms with Crippen LogP contribution in [-0.2, 0) is 51.8 Å². The number of nitrogens with two attached hydrogens (primary N) is 1. The Labute approximate surface area is 413 Å². The third-order valence-corrected chi connectivity index (χ3v) is 19.9. The maximum Gasteiger partial charge on any atom is 0.340 e. The molecule has 3 N–H and O–H groups in total. The quantitative estimate of drug-likeness (QED) is 0.0276. The minimum Gasteiger partial charge on any atom is -0.399 e. The first-order valence-corrected chi connectivity index (χ1v) is 35.6. The van der Waals surface area contributed by atoms with Gasteiger partial charge in [-0.05, 0) is 104 Å². The molecular formula is C45H71IN6O10P4Si. The van der Waals surface area contributed by atoms with Crippen LogP contribution >= 0.6 is 51.7 Å². The highest BCUT2D eigenvalue weighted by atomic mass is 127. The normalized spacial score (nSPS) is 13.5. The van der Waals surface area contributed by atoms with Crippen molar-refractivity contribution >= 4 is 97.0 Å². The molecule has 0 aliphatic carbocycles. The van der Waals surface area contributed by atoms with Gasteiger partial charge >= 0.3 is 15.2 Å². The number of nitrogens with zero attached hydrogens (tertiary/aromatic N) is 4. The van der Waals surface area contributed by atoms with Crippen molar-refractivity contribution in [1.82, 2.24) is 9.97 Å². The van der Waals surface area contributed by atoms with Crippen molar-refractivity contribution in [2.24, 2.45) is 4.99 Å². The fraction of sp³-hybridized carbons (Fsp3) is 0.467. The van der Waals surface area contributed by atoms with Crippen molar-refractivity contribution in [3.05, 3.63) is 95.9 Å². The first-order valence-electron chi connectivity index (χ1n) is 21.9. The molecule has 2 unspecified atom stereocenters. The number of halogens is 1. The summed E-state index contributed by atoms with van der Waals surface area (Å²) < 4.78 is 84.5. The number of anilines is 3. The van der Waals surface area contributed by atoms with Crippen LogP contribution in [0.1, 0.15) is 65.5 Å². The van der Waals surface area contributed by atoms with Gasteiger partial charge in [0.2, 0.25) is 14.7 Å². The van der Waals surface area contributed by atoms with Gasteiger partial charge in [-0.1, -0.05) is 55.5 Å². The second kappa shape index (κ2) is 31.4. The average Bonchev–Trinajstić information content (AvgIpc) is 3.71. The van der Waals surface area contributed by atoms with Crippen molar-refractivity contribution in [3.8, 4) is 6.07 Å². The van der Waals surface area contributed by atoms with Crippen LogP contribution in [0.3, 0.4) is 0 Å². The Morgan fingerprint density at radius 1 is 0.672 bits per heavy atom. The zero-order valence-corrected chi connectivity index (χ0v) is 47.8. The molecule has 5 rings (SSSR count). The number of nitriles is 1. The fourth-order valence-electron chi connectivity index (χ4n) is 5.65. The molecule has 0 saturated heterocycles. The zero-order valence-electron chi connectivity index (χ0n) is 41.1. The summed E-state index contributed by atoms with van der Waals surface area (Å²) in [4.78, 5) is 13.2. The predicted octanol–water partition coefficient (Wildman–Crippen LogP) is 13.2. The van der Waals surface area contributed by atoms with Gasteiger partial charge in [0.25, 0.3) is 0 Å². The van der Waals surface area contributed by atoms with Crippen molar-refractivity contribution in [3.63, 3.8) is 0 Å². The molecular weight excluding hydrogens is 1060 g/mol. The van der Waals surface area contributed by atoms with Gasteiger partial charge in [0.05, 0.1) is 51.4 Å². The van der Waals surface area contributed by atoms with Crippen LogP contribution < -0.4 is 21.7 Å². The van der Waals surface area contributed by atoms with Crippen molar-refractivity contribution in [2.45, 2.75) is 88.4 Å². The van der Waals surface area contributed by atoms with E-state index in [2.05, 4.69) is 80.8 Å². The summed E-state index contributed by atoms with van der Waals surface area (Å²) in [6, 6.07) is 25.4. The first kappa shape index (κ1) is 62.1. The molecule has 1 aliphatic rings. The largest absolute Gasteiger partial charge is 0.399 e. The van der Waals surface area contributed by atoms with E-state index in [1.165, 1.54) is 12.5 Å². The molecule has 1 aromatic heterocycles. The number of aliphatic imine (C=N–C) groups is 1. The Morgan fingerprint density at radius 2 is 1.06 bits per heavy atom. The molecule has 67 heavy (non-hydrogen) atoms. The zero-order chi connectivity index (χ0) is 50.7. The summed E-state index contributed by atoms with van der Waals surface area (Å²) in [6.07, 6.45) is 2.49. The van der Waals surface area contributed by atoms with Crippen molar-refractivity contribution in [2.75, 3.05) is 62.5 Å². The highest BCUT2D eigenvalue weighted by Crippen LogP contribution is 2.64. The molecule has 4 aromatic rings. The number of rotatable bonds is 20. The second-order valence-electron chi connectivity index (χ2n) is 15.0. The average molecular weight is 1130 g/mol. The molecule has 0 spiro atoms. The van der Waals surface area contributed by atoms with Gasteiger partial charge in [0.1, 0.15) is 28.9 Å². The van der Waals surface area contributed by atoms with E-state index in [1.807, 2.05) is 25.1 Å². The monoisotopic (exact) mass is 1130 g/mol. The maximum absolute atomic E-state index is 13.6. The number of nitrogen functional groups attached to an aromatic ring is 1. The highest BCUT2D eigenvalue weighted by molar-refractivity contribution is 14.1. The van der Waals surface area contributed by atoms with Crippen molar-refractivity contribution in [1.29, 1.82) is 5.26 Å². The molecule has 1 aliphatic heterocycles. The Morgan fingerprint density at radius 3 is 1.42 bits per heavy atom. The third kappa shape index (κ3) is 24.0. The molecule has 0 radical (unpaired) electrons. The third-order valence-electron chi connectivity index (χ3n) is 8.02. The van der Waals surface area contributed by atoms with Gasteiger partial charge in [0.15, 0.2) is 5.82 Å². The summed E-state index contributed by atoms with van der Waals surface area (Å²) in [5.41, 5.74) is 9.22. The molecule has 0 saturated carbocycles. The van der Waals surface area contributed by atoms with E-state index in [1.54, 1.807) is 102 Å². The molecule has 16 nitrogen and oxygen atoms in total. The summed E-state index contributed by atoms with van der Waals surface area (Å²) in [6.45, 7) is 23.9. The molecule has 3 aromatic carbocycles. The summed E-state index contributed by atoms with van der Waals surface area (Å²) >= 11 is 2.52. The lowest BCUT2D eigenvalue weighted by Crippen LogP contribution is -2.13. The summed E-state index contributed by atoms with van der Waals surface area (Å²) in [5.74, 6) is 0.690.